The highest BCUT2D eigenvalue weighted by atomic mass is 32.2. The minimum atomic E-state index is -5.38. The Kier molecular flexibility index (Phi) is 14.0. The number of morpholine rings is 1. The van der Waals surface area contributed by atoms with Crippen LogP contribution in [-0.2, 0) is 55.3 Å². The summed E-state index contributed by atoms with van der Waals surface area (Å²) >= 11 is 0. The van der Waals surface area contributed by atoms with E-state index in [9.17, 15) is 75.1 Å². The Morgan fingerprint density at radius 1 is 0.568 bits per heavy atom. The molecule has 388 valence electrons. The Morgan fingerprint density at radius 3 is 1.73 bits per heavy atom. The minimum Gasteiger partial charge on any atom is -0.505 e. The average molecular weight is 1120 g/mol. The van der Waals surface area contributed by atoms with Gasteiger partial charge in [0.1, 0.15) is 48.1 Å². The Morgan fingerprint density at radius 2 is 1.14 bits per heavy atom. The lowest BCUT2D eigenvalue weighted by Gasteiger charge is -2.27. The molecule has 0 bridgehead atoms. The molecule has 0 saturated carbocycles. The van der Waals surface area contributed by atoms with E-state index in [1.165, 1.54) is 43.5 Å². The lowest BCUT2D eigenvalue weighted by Crippen LogP contribution is -2.37. The van der Waals surface area contributed by atoms with Crippen molar-refractivity contribution in [1.82, 2.24) is 15.0 Å². The molecular weight excluding hydrogens is 1080 g/mol. The van der Waals surface area contributed by atoms with Crippen LogP contribution < -0.4 is 20.3 Å². The predicted molar refractivity (Wildman–Crippen MR) is 258 cm³/mol. The molecule has 0 atom stereocenters. The topological polar surface area (TPSA) is 446 Å². The monoisotopic (exact) mass is 1120 g/mol. The maximum Gasteiger partial charge on any atom is 0.296 e. The third-order valence-corrected chi connectivity index (χ3v) is 14.9. The number of phenolic OH excluding ortho intramolecular Hbond substituents is 2. The van der Waals surface area contributed by atoms with Crippen molar-refractivity contribution >= 4 is 124 Å². The molecule has 0 spiro atoms. The van der Waals surface area contributed by atoms with Crippen LogP contribution >= 0.6 is 0 Å². The van der Waals surface area contributed by atoms with E-state index in [0.717, 1.165) is 42.5 Å². The molecule has 1 saturated heterocycles. The molecule has 74 heavy (non-hydrogen) atoms. The van der Waals surface area contributed by atoms with Crippen LogP contribution in [0.1, 0.15) is 0 Å². The number of ether oxygens (including phenoxy) is 2. The molecule has 1 fully saturated rings. The van der Waals surface area contributed by atoms with Gasteiger partial charge in [0.05, 0.1) is 30.9 Å². The number of phenols is 2. The molecule has 1 aliphatic heterocycles. The first kappa shape index (κ1) is 52.7. The van der Waals surface area contributed by atoms with Crippen LogP contribution in [0.4, 0.5) is 52.0 Å². The summed E-state index contributed by atoms with van der Waals surface area (Å²) in [4.78, 5) is 10.3. The lowest BCUT2D eigenvalue weighted by molar-refractivity contribution is 0.122. The van der Waals surface area contributed by atoms with Crippen molar-refractivity contribution in [1.29, 1.82) is 0 Å². The van der Waals surface area contributed by atoms with Gasteiger partial charge in [-0.05, 0) is 77.5 Å². The second-order valence-electron chi connectivity index (χ2n) is 15.4. The Hall–Kier alpha value is -7.64. The molecule has 1 aromatic heterocycles. The number of fused-ring (bicyclic) bond motifs is 2. The lowest BCUT2D eigenvalue weighted by atomic mass is 10.1. The zero-order valence-electron chi connectivity index (χ0n) is 37.1. The molecule has 2 heterocycles. The van der Waals surface area contributed by atoms with Crippen LogP contribution in [-0.4, -0.2) is 123 Å². The third kappa shape index (κ3) is 11.3. The van der Waals surface area contributed by atoms with Crippen molar-refractivity contribution < 1.29 is 84.5 Å². The summed E-state index contributed by atoms with van der Waals surface area (Å²) in [6.07, 6.45) is 0. The molecule has 9 N–H and O–H groups in total. The summed E-state index contributed by atoms with van der Waals surface area (Å²) in [6.45, 7) is 0.867. The van der Waals surface area contributed by atoms with Gasteiger partial charge < -0.3 is 35.2 Å². The van der Waals surface area contributed by atoms with Crippen molar-refractivity contribution in [2.45, 2.75) is 24.5 Å². The molecule has 0 radical (unpaired) electrons. The molecule has 6 aromatic carbocycles. The van der Waals surface area contributed by atoms with Crippen LogP contribution in [0.3, 0.4) is 0 Å². The maximum atomic E-state index is 12.7. The number of nitrogens with one attached hydrogen (secondary N) is 2. The predicted octanol–water partition coefficient (Wildman–Crippen LogP) is 5.99. The highest BCUT2D eigenvalue weighted by Crippen LogP contribution is 2.47. The van der Waals surface area contributed by atoms with E-state index < -0.39 is 132 Å². The Bertz CT molecular complexity index is 4120. The number of benzene rings is 6. The van der Waals surface area contributed by atoms with Gasteiger partial charge in [0.2, 0.25) is 17.8 Å². The van der Waals surface area contributed by atoms with E-state index in [1.807, 2.05) is 0 Å². The van der Waals surface area contributed by atoms with E-state index in [4.69, 9.17) is 9.47 Å². The summed E-state index contributed by atoms with van der Waals surface area (Å²) in [5.74, 6) is -2.75. The van der Waals surface area contributed by atoms with Gasteiger partial charge in [-0.15, -0.1) is 20.5 Å². The molecule has 0 unspecified atom stereocenters. The van der Waals surface area contributed by atoms with E-state index in [-0.39, 0.29) is 60.4 Å². The fraction of sp³-hybridized carbons (Fsp3) is 0.125. The van der Waals surface area contributed by atoms with Gasteiger partial charge in [-0.1, -0.05) is 12.1 Å². The Balaban J connectivity index is 1.24. The zero-order valence-corrected chi connectivity index (χ0v) is 41.1. The number of aromatic nitrogens is 3. The van der Waals surface area contributed by atoms with E-state index in [2.05, 4.69) is 46.0 Å². The number of hydrogen-bond donors (Lipinski definition) is 9. The van der Waals surface area contributed by atoms with Crippen LogP contribution in [0, 0.1) is 0 Å². The largest absolute Gasteiger partial charge is 0.505 e. The first-order chi connectivity index (χ1) is 34.6. The Labute approximate surface area is 417 Å². The van der Waals surface area contributed by atoms with Gasteiger partial charge >= 0.3 is 0 Å². The summed E-state index contributed by atoms with van der Waals surface area (Å²) < 4.78 is 185. The number of azo groups is 2. The van der Waals surface area contributed by atoms with Gasteiger partial charge in [0.15, 0.2) is 11.5 Å². The van der Waals surface area contributed by atoms with Gasteiger partial charge in [-0.25, -0.2) is 0 Å². The van der Waals surface area contributed by atoms with Crippen molar-refractivity contribution in [2.24, 2.45) is 20.5 Å². The van der Waals surface area contributed by atoms with Crippen LogP contribution in [0.5, 0.6) is 17.2 Å². The highest BCUT2D eigenvalue weighted by molar-refractivity contribution is 7.87. The number of aromatic hydroxyl groups is 2. The summed E-state index contributed by atoms with van der Waals surface area (Å²) in [5, 5.41) is 42.4. The zero-order chi connectivity index (χ0) is 53.7. The normalized spacial score (nSPS) is 14.1. The molecule has 1 aliphatic rings. The van der Waals surface area contributed by atoms with E-state index in [1.54, 1.807) is 4.90 Å². The molecule has 8 rings (SSSR count). The smallest absolute Gasteiger partial charge is 0.296 e. The SMILES string of the molecule is COc1ccc(N=Nc2c(S(=O)(=O)O)cc3cc(Nc4nc(Nc5cc(S(=O)(=O)O)cc6cc(S(=O)(=O)O)c(N=Nc7ccccc7S(=O)(=O)O)c(O)c56)nc(N5CCOCC5)n4)ccc3c2O)c(S(=O)(=O)O)c1. The number of rotatable bonds is 15. The number of anilines is 5. The fourth-order valence-corrected chi connectivity index (χ4v) is 10.4. The first-order valence-electron chi connectivity index (χ1n) is 20.3. The van der Waals surface area contributed by atoms with E-state index >= 15 is 0 Å². The van der Waals surface area contributed by atoms with Crippen LogP contribution in [0.25, 0.3) is 21.5 Å². The molecule has 29 nitrogen and oxygen atoms in total. The molecule has 0 amide bonds. The molecular formula is C40H34N10O19S5. The second-order valence-corrected chi connectivity index (χ2v) is 22.3. The van der Waals surface area contributed by atoms with Crippen molar-refractivity contribution in [3.63, 3.8) is 0 Å². The van der Waals surface area contributed by atoms with Crippen molar-refractivity contribution in [2.75, 3.05) is 48.9 Å². The number of nitrogens with zero attached hydrogens (tertiary/aromatic N) is 8. The second kappa shape index (κ2) is 19.7. The van der Waals surface area contributed by atoms with Crippen molar-refractivity contribution in [3.05, 3.63) is 84.9 Å². The van der Waals surface area contributed by atoms with Crippen LogP contribution in [0.15, 0.2) is 130 Å². The van der Waals surface area contributed by atoms with Crippen LogP contribution in [0.2, 0.25) is 0 Å². The van der Waals surface area contributed by atoms with Gasteiger partial charge in [0.25, 0.3) is 50.6 Å². The van der Waals surface area contributed by atoms with E-state index in [0.29, 0.717) is 6.07 Å². The molecule has 0 aliphatic carbocycles. The summed E-state index contributed by atoms with van der Waals surface area (Å²) in [6, 6.07) is 14.7. The number of hydrogen-bond acceptors (Lipinski definition) is 24. The minimum absolute atomic E-state index is 0.00406. The summed E-state index contributed by atoms with van der Waals surface area (Å²) in [7, 11) is -24.4. The quantitative estimate of drug-likeness (QED) is 0.0420. The average Bonchev–Trinajstić information content (AvgIpc) is 3.32. The highest BCUT2D eigenvalue weighted by Gasteiger charge is 2.28. The van der Waals surface area contributed by atoms with Gasteiger partial charge in [-0.3, -0.25) is 22.8 Å². The fourth-order valence-electron chi connectivity index (χ4n) is 7.23. The van der Waals surface area contributed by atoms with Gasteiger partial charge in [-0.2, -0.15) is 57.0 Å². The molecule has 7 aromatic rings. The number of methoxy groups -OCH3 is 1. The maximum absolute atomic E-state index is 12.7. The van der Waals surface area contributed by atoms with Gasteiger partial charge in [0, 0.05) is 35.6 Å². The molecule has 34 heteroatoms. The standard InChI is InChI=1S/C40H34N10O19S5/c1-68-23-7-9-27(30(18-23)72(59,60)61)47-48-34-31(73(62,63)64)16-20-14-22(6-8-25(20)36(34)51)41-38-43-39(45-40(44-38)50-10-12-69-13-11-50)42-28-19-24(70(53,54)55)15-21-17-32(74(65,66)67)35(37(52)33(21)28)49-46-26-4-2-3-5-29(26)71(56,57)58/h2-9,14-19,51-52H,10-13H2,1H3,(H,53,54,55)(H,56,57,58)(H,59,60,61)(H,62,63,64)(H,65,66,67)(H2,41,42,43,44,45). The van der Waals surface area contributed by atoms with Crippen molar-refractivity contribution in [3.8, 4) is 17.2 Å². The first-order valence-corrected chi connectivity index (χ1v) is 27.5. The summed E-state index contributed by atoms with van der Waals surface area (Å²) in [5.41, 5.74) is -3.29. The third-order valence-electron chi connectivity index (χ3n) is 10.6.